The highest BCUT2D eigenvalue weighted by Crippen LogP contribution is 2.33. The molecule has 1 aromatic heterocycles. The van der Waals surface area contributed by atoms with E-state index in [1.54, 1.807) is 6.07 Å². The van der Waals surface area contributed by atoms with Crippen LogP contribution in [0.5, 0.6) is 0 Å². The summed E-state index contributed by atoms with van der Waals surface area (Å²) in [6.45, 7) is 3.91. The van der Waals surface area contributed by atoms with Crippen molar-refractivity contribution in [2.45, 2.75) is 25.3 Å². The van der Waals surface area contributed by atoms with Crippen LogP contribution in [0.25, 0.3) is 0 Å². The van der Waals surface area contributed by atoms with Crippen molar-refractivity contribution in [3.05, 3.63) is 16.1 Å². The van der Waals surface area contributed by atoms with E-state index in [0.29, 0.717) is 54.3 Å². The molecule has 0 aromatic carbocycles. The first-order chi connectivity index (χ1) is 9.60. The fraction of sp³-hybridized carbons (Fsp3) is 0.615. The van der Waals surface area contributed by atoms with Crippen LogP contribution in [0.3, 0.4) is 0 Å². The van der Waals surface area contributed by atoms with Crippen LogP contribution in [-0.2, 0) is 4.74 Å². The number of pyridine rings is 1. The van der Waals surface area contributed by atoms with Gasteiger partial charge in [0.25, 0.3) is 0 Å². The van der Waals surface area contributed by atoms with Crippen molar-refractivity contribution in [2.24, 2.45) is 0 Å². The SMILES string of the molecule is CCNc1nc(NC2(CO)CCOCC2)c(Cl)cc1Cl. The van der Waals surface area contributed by atoms with Gasteiger partial charge in [0, 0.05) is 19.8 Å². The number of nitrogens with one attached hydrogen (secondary N) is 2. The Morgan fingerprint density at radius 3 is 2.55 bits per heavy atom. The molecule has 1 saturated heterocycles. The lowest BCUT2D eigenvalue weighted by Crippen LogP contribution is -2.47. The maximum absolute atomic E-state index is 9.69. The fourth-order valence-corrected chi connectivity index (χ4v) is 2.65. The van der Waals surface area contributed by atoms with Crippen LogP contribution < -0.4 is 10.6 Å². The summed E-state index contributed by atoms with van der Waals surface area (Å²) in [5.74, 6) is 1.11. The van der Waals surface area contributed by atoms with Crippen LogP contribution in [0.1, 0.15) is 19.8 Å². The Balaban J connectivity index is 2.25. The summed E-state index contributed by atoms with van der Waals surface area (Å²) in [5, 5.41) is 17.0. The maximum atomic E-state index is 9.69. The molecule has 0 radical (unpaired) electrons. The second kappa shape index (κ2) is 6.80. The fourth-order valence-electron chi connectivity index (χ4n) is 2.18. The van der Waals surface area contributed by atoms with Gasteiger partial charge in [0.15, 0.2) is 0 Å². The van der Waals surface area contributed by atoms with Crippen LogP contribution in [-0.4, -0.2) is 42.0 Å². The van der Waals surface area contributed by atoms with Gasteiger partial charge in [-0.25, -0.2) is 4.98 Å². The van der Waals surface area contributed by atoms with Gasteiger partial charge in [0.1, 0.15) is 11.6 Å². The number of rotatable bonds is 5. The molecule has 5 nitrogen and oxygen atoms in total. The minimum absolute atomic E-state index is 0.00748. The summed E-state index contributed by atoms with van der Waals surface area (Å²) < 4.78 is 5.34. The Morgan fingerprint density at radius 1 is 1.30 bits per heavy atom. The molecule has 0 saturated carbocycles. The van der Waals surface area contributed by atoms with E-state index in [9.17, 15) is 5.11 Å². The Labute approximate surface area is 128 Å². The Bertz CT molecular complexity index is 465. The predicted molar refractivity (Wildman–Crippen MR) is 81.9 cm³/mol. The van der Waals surface area contributed by atoms with Gasteiger partial charge in [0.05, 0.1) is 22.2 Å². The van der Waals surface area contributed by atoms with Crippen molar-refractivity contribution < 1.29 is 9.84 Å². The first kappa shape index (κ1) is 15.6. The Morgan fingerprint density at radius 2 is 1.95 bits per heavy atom. The topological polar surface area (TPSA) is 66.4 Å². The highest BCUT2D eigenvalue weighted by Gasteiger charge is 2.33. The van der Waals surface area contributed by atoms with Crippen LogP contribution in [0.15, 0.2) is 6.07 Å². The lowest BCUT2D eigenvalue weighted by Gasteiger charge is -2.37. The molecule has 0 unspecified atom stereocenters. The third-order valence-electron chi connectivity index (χ3n) is 3.41. The highest BCUT2D eigenvalue weighted by atomic mass is 35.5. The summed E-state index contributed by atoms with van der Waals surface area (Å²) >= 11 is 12.3. The minimum Gasteiger partial charge on any atom is -0.394 e. The smallest absolute Gasteiger partial charge is 0.147 e. The molecule has 20 heavy (non-hydrogen) atoms. The Hall–Kier alpha value is -0.750. The highest BCUT2D eigenvalue weighted by molar-refractivity contribution is 6.37. The zero-order chi connectivity index (χ0) is 14.6. The van der Waals surface area contributed by atoms with E-state index < -0.39 is 5.54 Å². The number of anilines is 2. The van der Waals surface area contributed by atoms with Crippen molar-refractivity contribution in [1.29, 1.82) is 0 Å². The van der Waals surface area contributed by atoms with Crippen molar-refractivity contribution in [3.63, 3.8) is 0 Å². The maximum Gasteiger partial charge on any atom is 0.147 e. The zero-order valence-electron chi connectivity index (χ0n) is 11.4. The third-order valence-corrected chi connectivity index (χ3v) is 3.99. The quantitative estimate of drug-likeness (QED) is 0.778. The average molecular weight is 320 g/mol. The third kappa shape index (κ3) is 3.47. The lowest BCUT2D eigenvalue weighted by molar-refractivity contribution is 0.0378. The van der Waals surface area contributed by atoms with E-state index in [1.807, 2.05) is 6.92 Å². The second-order valence-electron chi connectivity index (χ2n) is 4.86. The molecule has 0 aliphatic carbocycles. The lowest BCUT2D eigenvalue weighted by atomic mass is 9.91. The van der Waals surface area contributed by atoms with Gasteiger partial charge in [-0.05, 0) is 25.8 Å². The van der Waals surface area contributed by atoms with Crippen molar-refractivity contribution in [2.75, 3.05) is 37.0 Å². The van der Waals surface area contributed by atoms with Crippen LogP contribution in [0.2, 0.25) is 10.0 Å². The summed E-state index contributed by atoms with van der Waals surface area (Å²) in [5.41, 5.74) is -0.438. The predicted octanol–water partition coefficient (Wildman–Crippen LogP) is 2.77. The normalized spacial score (nSPS) is 17.8. The Kier molecular flexibility index (Phi) is 5.32. The molecule has 0 spiro atoms. The molecule has 1 aromatic rings. The molecule has 0 atom stereocenters. The van der Waals surface area contributed by atoms with E-state index in [0.717, 1.165) is 0 Å². The van der Waals surface area contributed by atoms with Crippen LogP contribution in [0.4, 0.5) is 11.6 Å². The average Bonchev–Trinajstić information content (AvgIpc) is 2.45. The molecular formula is C13H19Cl2N3O2. The van der Waals surface area contributed by atoms with E-state index in [2.05, 4.69) is 15.6 Å². The number of hydrogen-bond acceptors (Lipinski definition) is 5. The van der Waals surface area contributed by atoms with E-state index in [1.165, 1.54) is 0 Å². The summed E-state index contributed by atoms with van der Waals surface area (Å²) in [6, 6.07) is 1.65. The van der Waals surface area contributed by atoms with Gasteiger partial charge in [0.2, 0.25) is 0 Å². The number of aromatic nitrogens is 1. The number of halogens is 2. The van der Waals surface area contributed by atoms with Crippen molar-refractivity contribution in [1.82, 2.24) is 4.98 Å². The number of ether oxygens (including phenoxy) is 1. The molecule has 1 fully saturated rings. The number of aliphatic hydroxyl groups is 1. The molecule has 2 heterocycles. The second-order valence-corrected chi connectivity index (χ2v) is 5.67. The van der Waals surface area contributed by atoms with E-state index in [-0.39, 0.29) is 6.61 Å². The van der Waals surface area contributed by atoms with Crippen molar-refractivity contribution in [3.8, 4) is 0 Å². The summed E-state index contributed by atoms with van der Waals surface area (Å²) in [4.78, 5) is 4.41. The molecule has 1 aliphatic rings. The van der Waals surface area contributed by atoms with Gasteiger partial charge in [-0.1, -0.05) is 23.2 Å². The molecule has 0 amide bonds. The number of aliphatic hydroxyl groups excluding tert-OH is 1. The van der Waals surface area contributed by atoms with Crippen LogP contribution >= 0.6 is 23.2 Å². The van der Waals surface area contributed by atoms with Gasteiger partial charge in [-0.15, -0.1) is 0 Å². The first-order valence-corrected chi connectivity index (χ1v) is 7.42. The minimum atomic E-state index is -0.438. The number of hydrogen-bond donors (Lipinski definition) is 3. The molecule has 2 rings (SSSR count). The molecule has 7 heteroatoms. The van der Waals surface area contributed by atoms with Gasteiger partial charge in [-0.2, -0.15) is 0 Å². The van der Waals surface area contributed by atoms with E-state index >= 15 is 0 Å². The molecule has 3 N–H and O–H groups in total. The van der Waals surface area contributed by atoms with E-state index in [4.69, 9.17) is 27.9 Å². The standard InChI is InChI=1S/C13H19Cl2N3O2/c1-2-16-11-9(14)7-10(15)12(17-11)18-13(8-19)3-5-20-6-4-13/h7,19H,2-6,8H2,1H3,(H2,16,17,18). The monoisotopic (exact) mass is 319 g/mol. The zero-order valence-corrected chi connectivity index (χ0v) is 12.9. The summed E-state index contributed by atoms with van der Waals surface area (Å²) in [6.07, 6.45) is 1.42. The van der Waals surface area contributed by atoms with Gasteiger partial charge < -0.3 is 20.5 Å². The summed E-state index contributed by atoms with van der Waals surface area (Å²) in [7, 11) is 0. The van der Waals surface area contributed by atoms with Gasteiger partial charge in [-0.3, -0.25) is 0 Å². The number of nitrogens with zero attached hydrogens (tertiary/aromatic N) is 1. The largest absolute Gasteiger partial charge is 0.394 e. The van der Waals surface area contributed by atoms with Gasteiger partial charge >= 0.3 is 0 Å². The van der Waals surface area contributed by atoms with Crippen LogP contribution in [0, 0.1) is 0 Å². The molecule has 0 bridgehead atoms. The molecule has 112 valence electrons. The van der Waals surface area contributed by atoms with Crippen molar-refractivity contribution >= 4 is 34.8 Å². The molecular weight excluding hydrogens is 301 g/mol. The molecule has 1 aliphatic heterocycles. The first-order valence-electron chi connectivity index (χ1n) is 6.67.